The molecule has 2 amide bonds. The Morgan fingerprint density at radius 1 is 0.941 bits per heavy atom. The van der Waals surface area contributed by atoms with E-state index in [4.69, 9.17) is 14.6 Å². The standard InChI is InChI=1S/C26H30N2O6/c29-24(30)12-14-33-15-13-27-25(31)21-10-5-11-23(21)28-26(32)34-16-22-19-8-3-1-6-17(19)18-7-2-4-9-20(18)22/h1-4,6-9,21-23H,5,10-16H2,(H,27,31)(H,28,32)(H,29,30)/t21-,23+/m0/s1. The number of carboxylic acid groups (broad SMARTS) is 1. The van der Waals surface area contributed by atoms with Crippen LogP contribution in [0.15, 0.2) is 48.5 Å². The minimum absolute atomic E-state index is 0.0121. The molecule has 2 atom stereocenters. The SMILES string of the molecule is O=C(O)CCOCCNC(=O)[C@H]1CCC[C@H]1NC(=O)OCC1c2ccccc2-c2ccccc21. The Hall–Kier alpha value is -3.39. The number of carbonyl (C=O) groups is 3. The van der Waals surface area contributed by atoms with E-state index in [0.29, 0.717) is 13.0 Å². The highest BCUT2D eigenvalue weighted by molar-refractivity contribution is 5.81. The number of ether oxygens (including phenoxy) is 2. The van der Waals surface area contributed by atoms with Crippen molar-refractivity contribution in [1.82, 2.24) is 10.6 Å². The van der Waals surface area contributed by atoms with Crippen molar-refractivity contribution in [2.24, 2.45) is 5.92 Å². The number of rotatable bonds is 10. The van der Waals surface area contributed by atoms with E-state index in [-0.39, 0.29) is 50.0 Å². The van der Waals surface area contributed by atoms with Gasteiger partial charge < -0.3 is 25.2 Å². The van der Waals surface area contributed by atoms with Gasteiger partial charge in [-0.3, -0.25) is 9.59 Å². The number of aliphatic carboxylic acids is 1. The van der Waals surface area contributed by atoms with Gasteiger partial charge in [-0.2, -0.15) is 0 Å². The van der Waals surface area contributed by atoms with Gasteiger partial charge in [0.25, 0.3) is 0 Å². The topological polar surface area (TPSA) is 114 Å². The highest BCUT2D eigenvalue weighted by Crippen LogP contribution is 2.44. The predicted octanol–water partition coefficient (Wildman–Crippen LogP) is 3.30. The molecule has 0 spiro atoms. The molecule has 34 heavy (non-hydrogen) atoms. The first-order chi connectivity index (χ1) is 16.5. The van der Waals surface area contributed by atoms with Crippen LogP contribution in [0.25, 0.3) is 11.1 Å². The Morgan fingerprint density at radius 2 is 1.62 bits per heavy atom. The number of alkyl carbamates (subject to hydrolysis) is 1. The molecule has 2 aromatic carbocycles. The predicted molar refractivity (Wildman–Crippen MR) is 125 cm³/mol. The Bertz CT molecular complexity index is 994. The molecule has 3 N–H and O–H groups in total. The van der Waals surface area contributed by atoms with E-state index in [1.807, 2.05) is 24.3 Å². The normalized spacial score (nSPS) is 18.7. The fourth-order valence-electron chi connectivity index (χ4n) is 4.88. The molecule has 2 aromatic rings. The van der Waals surface area contributed by atoms with Crippen molar-refractivity contribution in [3.05, 3.63) is 59.7 Å². The summed E-state index contributed by atoms with van der Waals surface area (Å²) >= 11 is 0. The second-order valence-electron chi connectivity index (χ2n) is 8.66. The number of nitrogens with one attached hydrogen (secondary N) is 2. The van der Waals surface area contributed by atoms with Crippen molar-refractivity contribution in [3.63, 3.8) is 0 Å². The van der Waals surface area contributed by atoms with Crippen LogP contribution in [0.2, 0.25) is 0 Å². The number of amides is 2. The largest absolute Gasteiger partial charge is 0.481 e. The van der Waals surface area contributed by atoms with Gasteiger partial charge in [0, 0.05) is 18.5 Å². The molecular weight excluding hydrogens is 436 g/mol. The Labute approximate surface area is 198 Å². The van der Waals surface area contributed by atoms with Crippen molar-refractivity contribution < 1.29 is 29.0 Å². The summed E-state index contributed by atoms with van der Waals surface area (Å²) in [6.07, 6.45) is 1.69. The summed E-state index contributed by atoms with van der Waals surface area (Å²) in [7, 11) is 0. The van der Waals surface area contributed by atoms with E-state index < -0.39 is 12.1 Å². The molecule has 4 rings (SSSR count). The quantitative estimate of drug-likeness (QED) is 0.463. The maximum absolute atomic E-state index is 12.6. The maximum Gasteiger partial charge on any atom is 0.407 e. The summed E-state index contributed by atoms with van der Waals surface area (Å²) in [6.45, 7) is 0.889. The highest BCUT2D eigenvalue weighted by Gasteiger charge is 2.35. The van der Waals surface area contributed by atoms with Crippen LogP contribution >= 0.6 is 0 Å². The third kappa shape index (κ3) is 5.56. The fourth-order valence-corrected chi connectivity index (χ4v) is 4.88. The van der Waals surface area contributed by atoms with Crippen molar-refractivity contribution in [3.8, 4) is 11.1 Å². The third-order valence-electron chi connectivity index (χ3n) is 6.51. The second kappa shape index (κ2) is 11.2. The summed E-state index contributed by atoms with van der Waals surface area (Å²) in [5.74, 6) is -1.39. The smallest absolute Gasteiger partial charge is 0.407 e. The molecule has 1 saturated carbocycles. The van der Waals surface area contributed by atoms with Crippen LogP contribution in [0.1, 0.15) is 42.7 Å². The molecule has 0 aliphatic heterocycles. The van der Waals surface area contributed by atoms with Crippen LogP contribution in [0.3, 0.4) is 0 Å². The fraction of sp³-hybridized carbons (Fsp3) is 0.423. The number of carboxylic acids is 1. The molecule has 180 valence electrons. The Morgan fingerprint density at radius 3 is 2.29 bits per heavy atom. The first-order valence-corrected chi connectivity index (χ1v) is 11.7. The molecule has 0 bridgehead atoms. The van der Waals surface area contributed by atoms with Gasteiger partial charge >= 0.3 is 12.1 Å². The molecule has 8 nitrogen and oxygen atoms in total. The van der Waals surface area contributed by atoms with E-state index in [2.05, 4.69) is 34.9 Å². The van der Waals surface area contributed by atoms with Crippen molar-refractivity contribution in [2.45, 2.75) is 37.6 Å². The van der Waals surface area contributed by atoms with Crippen LogP contribution in [-0.2, 0) is 19.1 Å². The van der Waals surface area contributed by atoms with Crippen LogP contribution in [-0.4, -0.2) is 55.5 Å². The van der Waals surface area contributed by atoms with Gasteiger partial charge in [0.15, 0.2) is 0 Å². The lowest BCUT2D eigenvalue weighted by Crippen LogP contribution is -2.45. The van der Waals surface area contributed by atoms with Crippen LogP contribution in [0.4, 0.5) is 4.79 Å². The van der Waals surface area contributed by atoms with Crippen LogP contribution < -0.4 is 10.6 Å². The maximum atomic E-state index is 12.6. The third-order valence-corrected chi connectivity index (χ3v) is 6.51. The van der Waals surface area contributed by atoms with Gasteiger partial charge in [-0.25, -0.2) is 4.79 Å². The summed E-state index contributed by atoms with van der Waals surface area (Å²) in [4.78, 5) is 35.6. The molecule has 8 heteroatoms. The lowest BCUT2D eigenvalue weighted by atomic mass is 9.98. The summed E-state index contributed by atoms with van der Waals surface area (Å²) in [5, 5.41) is 14.3. The van der Waals surface area contributed by atoms with Crippen LogP contribution in [0.5, 0.6) is 0 Å². The molecule has 2 aliphatic rings. The van der Waals surface area contributed by atoms with Gasteiger partial charge in [0.1, 0.15) is 6.61 Å². The zero-order valence-corrected chi connectivity index (χ0v) is 19.0. The van der Waals surface area contributed by atoms with Crippen molar-refractivity contribution in [2.75, 3.05) is 26.4 Å². The zero-order valence-electron chi connectivity index (χ0n) is 19.0. The molecule has 0 aromatic heterocycles. The molecule has 0 unspecified atom stereocenters. The second-order valence-corrected chi connectivity index (χ2v) is 8.66. The highest BCUT2D eigenvalue weighted by atomic mass is 16.5. The van der Waals surface area contributed by atoms with Gasteiger partial charge in [-0.15, -0.1) is 0 Å². The summed E-state index contributed by atoms with van der Waals surface area (Å²) < 4.78 is 10.8. The summed E-state index contributed by atoms with van der Waals surface area (Å²) in [5.41, 5.74) is 4.65. The summed E-state index contributed by atoms with van der Waals surface area (Å²) in [6, 6.07) is 16.1. The number of hydrogen-bond donors (Lipinski definition) is 3. The average molecular weight is 467 g/mol. The molecular formula is C26H30N2O6. The number of carbonyl (C=O) groups excluding carboxylic acids is 2. The molecule has 2 aliphatic carbocycles. The molecule has 1 fully saturated rings. The Balaban J connectivity index is 1.25. The molecule has 0 heterocycles. The van der Waals surface area contributed by atoms with Crippen molar-refractivity contribution in [1.29, 1.82) is 0 Å². The number of fused-ring (bicyclic) bond motifs is 3. The van der Waals surface area contributed by atoms with Crippen LogP contribution in [0, 0.1) is 5.92 Å². The monoisotopic (exact) mass is 466 g/mol. The van der Waals surface area contributed by atoms with E-state index in [1.165, 1.54) is 11.1 Å². The lowest BCUT2D eigenvalue weighted by molar-refractivity contribution is -0.138. The van der Waals surface area contributed by atoms with E-state index in [1.54, 1.807) is 0 Å². The number of benzene rings is 2. The lowest BCUT2D eigenvalue weighted by Gasteiger charge is -2.21. The van der Waals surface area contributed by atoms with Gasteiger partial charge in [0.05, 0.1) is 25.6 Å². The van der Waals surface area contributed by atoms with Gasteiger partial charge in [0.2, 0.25) is 5.91 Å². The average Bonchev–Trinajstić information content (AvgIpc) is 3.42. The minimum atomic E-state index is -0.919. The number of hydrogen-bond acceptors (Lipinski definition) is 5. The first-order valence-electron chi connectivity index (χ1n) is 11.7. The van der Waals surface area contributed by atoms with Gasteiger partial charge in [-0.1, -0.05) is 55.0 Å². The minimum Gasteiger partial charge on any atom is -0.481 e. The first kappa shape index (κ1) is 23.8. The Kier molecular flexibility index (Phi) is 7.80. The van der Waals surface area contributed by atoms with Gasteiger partial charge in [-0.05, 0) is 35.1 Å². The van der Waals surface area contributed by atoms with E-state index in [9.17, 15) is 14.4 Å². The van der Waals surface area contributed by atoms with E-state index >= 15 is 0 Å². The molecule has 0 radical (unpaired) electrons. The zero-order chi connectivity index (χ0) is 23.9. The van der Waals surface area contributed by atoms with Crippen molar-refractivity contribution >= 4 is 18.0 Å². The molecule has 0 saturated heterocycles. The van der Waals surface area contributed by atoms with E-state index in [0.717, 1.165) is 24.0 Å².